The van der Waals surface area contributed by atoms with Crippen LogP contribution in [0.4, 0.5) is 24.7 Å². The number of alkyl halides is 3. The lowest BCUT2D eigenvalue weighted by Gasteiger charge is -2.24. The van der Waals surface area contributed by atoms with Crippen molar-refractivity contribution in [3.05, 3.63) is 20.7 Å². The second-order valence-corrected chi connectivity index (χ2v) is 11.2. The predicted molar refractivity (Wildman–Crippen MR) is 124 cm³/mol. The SMILES string of the molecule is Cn1ncc(NC(=O)c2nc(Br)sc2C(C)(C)C)c1N1CCC[C@@H](NC(=O)C(F)(F)F)CC1. The van der Waals surface area contributed by atoms with E-state index in [0.29, 0.717) is 53.5 Å². The third kappa shape index (κ3) is 6.05. The van der Waals surface area contributed by atoms with Gasteiger partial charge < -0.3 is 15.5 Å². The van der Waals surface area contributed by atoms with Crippen molar-refractivity contribution in [3.63, 3.8) is 0 Å². The number of rotatable bonds is 4. The number of hydrogen-bond acceptors (Lipinski definition) is 6. The van der Waals surface area contributed by atoms with Crippen molar-refractivity contribution < 1.29 is 22.8 Å². The van der Waals surface area contributed by atoms with Gasteiger partial charge in [0.15, 0.2) is 9.73 Å². The number of aryl methyl sites for hydroxylation is 1. The number of nitrogens with zero attached hydrogens (tertiary/aromatic N) is 4. The molecule has 2 N–H and O–H groups in total. The summed E-state index contributed by atoms with van der Waals surface area (Å²) >= 11 is 4.76. The van der Waals surface area contributed by atoms with E-state index in [9.17, 15) is 22.8 Å². The van der Waals surface area contributed by atoms with Crippen molar-refractivity contribution in [1.82, 2.24) is 20.1 Å². The van der Waals surface area contributed by atoms with Gasteiger partial charge in [0.25, 0.3) is 5.91 Å². The molecule has 1 fully saturated rings. The summed E-state index contributed by atoms with van der Waals surface area (Å²) in [5, 5.41) is 9.23. The van der Waals surface area contributed by atoms with Crippen molar-refractivity contribution in [2.75, 3.05) is 23.3 Å². The highest BCUT2D eigenvalue weighted by atomic mass is 79.9. The lowest BCUT2D eigenvalue weighted by atomic mass is 9.93. The van der Waals surface area contributed by atoms with Crippen LogP contribution in [-0.2, 0) is 17.3 Å². The molecule has 0 unspecified atom stereocenters. The molecule has 2 aromatic heterocycles. The molecule has 0 aromatic carbocycles. The summed E-state index contributed by atoms with van der Waals surface area (Å²) in [5.74, 6) is -1.63. The third-order valence-electron chi connectivity index (χ3n) is 5.27. The van der Waals surface area contributed by atoms with Crippen molar-refractivity contribution in [2.24, 2.45) is 7.05 Å². The number of carbonyl (C=O) groups excluding carboxylic acids is 2. The molecule has 0 spiro atoms. The smallest absolute Gasteiger partial charge is 0.355 e. The zero-order valence-electron chi connectivity index (χ0n) is 18.7. The standard InChI is InChI=1S/C20H26BrF3N6O2S/c1-19(2,3)14-13(28-18(21)33-14)15(31)27-12-10-25-29(4)16(12)30-8-5-6-11(7-9-30)26-17(32)20(22,23)24/h10-11H,5-9H2,1-4H3,(H,26,32)(H,27,31)/t11-/m1/s1. The summed E-state index contributed by atoms with van der Waals surface area (Å²) in [5.41, 5.74) is 0.554. The summed E-state index contributed by atoms with van der Waals surface area (Å²) in [6.07, 6.45) is -2.01. The maximum absolute atomic E-state index is 13.1. The minimum atomic E-state index is -4.90. The van der Waals surface area contributed by atoms with E-state index in [1.54, 1.807) is 17.9 Å². The van der Waals surface area contributed by atoms with E-state index in [4.69, 9.17) is 0 Å². The average Bonchev–Trinajstić information content (AvgIpc) is 3.18. The van der Waals surface area contributed by atoms with E-state index in [0.717, 1.165) is 4.88 Å². The Hall–Kier alpha value is -2.15. The molecular formula is C20H26BrF3N6O2S. The number of amides is 2. The van der Waals surface area contributed by atoms with Gasteiger partial charge in [0.2, 0.25) is 0 Å². The van der Waals surface area contributed by atoms with Crippen LogP contribution in [0.15, 0.2) is 10.1 Å². The molecule has 1 saturated heterocycles. The Morgan fingerprint density at radius 3 is 2.55 bits per heavy atom. The molecule has 1 aliphatic heterocycles. The first-order chi connectivity index (χ1) is 15.3. The van der Waals surface area contributed by atoms with Crippen molar-refractivity contribution >= 4 is 50.6 Å². The summed E-state index contributed by atoms with van der Waals surface area (Å²) in [6, 6.07) is -0.572. The average molecular weight is 551 g/mol. The van der Waals surface area contributed by atoms with E-state index in [1.165, 1.54) is 11.3 Å². The number of hydrogen-bond donors (Lipinski definition) is 2. The largest absolute Gasteiger partial charge is 0.471 e. The fourth-order valence-electron chi connectivity index (χ4n) is 3.75. The predicted octanol–water partition coefficient (Wildman–Crippen LogP) is 4.23. The highest BCUT2D eigenvalue weighted by Crippen LogP contribution is 2.35. The topological polar surface area (TPSA) is 92.2 Å². The van der Waals surface area contributed by atoms with Gasteiger partial charge in [-0.3, -0.25) is 14.3 Å². The summed E-state index contributed by atoms with van der Waals surface area (Å²) in [4.78, 5) is 31.5. The fraction of sp³-hybridized carbons (Fsp3) is 0.600. The number of aromatic nitrogens is 3. The Balaban J connectivity index is 1.75. The van der Waals surface area contributed by atoms with Crippen LogP contribution in [0.25, 0.3) is 0 Å². The Morgan fingerprint density at radius 2 is 1.91 bits per heavy atom. The van der Waals surface area contributed by atoms with Crippen LogP contribution in [0, 0.1) is 0 Å². The maximum atomic E-state index is 13.1. The van der Waals surface area contributed by atoms with Crippen molar-refractivity contribution in [1.29, 1.82) is 0 Å². The van der Waals surface area contributed by atoms with Gasteiger partial charge in [-0.1, -0.05) is 20.8 Å². The molecule has 0 bridgehead atoms. The minimum Gasteiger partial charge on any atom is -0.355 e. The molecule has 33 heavy (non-hydrogen) atoms. The molecule has 0 saturated carbocycles. The van der Waals surface area contributed by atoms with E-state index in [1.807, 2.05) is 25.7 Å². The Morgan fingerprint density at radius 1 is 1.21 bits per heavy atom. The van der Waals surface area contributed by atoms with Gasteiger partial charge in [-0.2, -0.15) is 18.3 Å². The number of anilines is 2. The lowest BCUT2D eigenvalue weighted by Crippen LogP contribution is -2.43. The maximum Gasteiger partial charge on any atom is 0.471 e. The Bertz CT molecular complexity index is 1030. The molecule has 13 heteroatoms. The van der Waals surface area contributed by atoms with Crippen LogP contribution in [0.5, 0.6) is 0 Å². The highest BCUT2D eigenvalue weighted by Gasteiger charge is 2.40. The molecule has 1 atom stereocenters. The first kappa shape index (κ1) is 25.5. The minimum absolute atomic E-state index is 0.269. The highest BCUT2D eigenvalue weighted by molar-refractivity contribution is 9.11. The normalized spacial score (nSPS) is 17.6. The molecule has 2 aromatic rings. The Kier molecular flexibility index (Phi) is 7.42. The van der Waals surface area contributed by atoms with Gasteiger partial charge in [0.1, 0.15) is 11.4 Å². The number of thiazole rings is 1. The Labute approximate surface area is 202 Å². The van der Waals surface area contributed by atoms with E-state index >= 15 is 0 Å². The first-order valence-electron chi connectivity index (χ1n) is 10.4. The van der Waals surface area contributed by atoms with Crippen LogP contribution in [-0.4, -0.2) is 51.9 Å². The molecule has 182 valence electrons. The summed E-state index contributed by atoms with van der Waals surface area (Å²) in [7, 11) is 1.73. The van der Waals surface area contributed by atoms with Gasteiger partial charge in [0.05, 0.1) is 6.20 Å². The summed E-state index contributed by atoms with van der Waals surface area (Å²) < 4.78 is 40.0. The van der Waals surface area contributed by atoms with Crippen molar-refractivity contribution in [3.8, 4) is 0 Å². The molecule has 2 amide bonds. The molecule has 3 rings (SSSR count). The zero-order valence-corrected chi connectivity index (χ0v) is 21.1. The molecule has 1 aliphatic rings. The van der Waals surface area contributed by atoms with Gasteiger partial charge in [-0.05, 0) is 40.6 Å². The molecule has 0 aliphatic carbocycles. The fourth-order valence-corrected chi connectivity index (χ4v) is 5.26. The number of halogens is 4. The van der Waals surface area contributed by atoms with E-state index < -0.39 is 18.1 Å². The van der Waals surface area contributed by atoms with Gasteiger partial charge >= 0.3 is 12.1 Å². The second kappa shape index (κ2) is 9.61. The van der Waals surface area contributed by atoms with Crippen LogP contribution in [0.1, 0.15) is 55.4 Å². The van der Waals surface area contributed by atoms with Crippen LogP contribution >= 0.6 is 27.3 Å². The monoisotopic (exact) mass is 550 g/mol. The summed E-state index contributed by atoms with van der Waals surface area (Å²) in [6.45, 7) is 6.97. The van der Waals surface area contributed by atoms with Gasteiger partial charge in [-0.25, -0.2) is 4.98 Å². The van der Waals surface area contributed by atoms with E-state index in [2.05, 4.69) is 36.6 Å². The quantitative estimate of drug-likeness (QED) is 0.594. The third-order valence-corrected chi connectivity index (χ3v) is 7.21. The molecule has 8 nitrogen and oxygen atoms in total. The molecular weight excluding hydrogens is 525 g/mol. The first-order valence-corrected chi connectivity index (χ1v) is 12.0. The van der Waals surface area contributed by atoms with Crippen LogP contribution in [0.2, 0.25) is 0 Å². The van der Waals surface area contributed by atoms with Gasteiger partial charge in [0, 0.05) is 31.1 Å². The number of carbonyl (C=O) groups is 2. The lowest BCUT2D eigenvalue weighted by molar-refractivity contribution is -0.174. The van der Waals surface area contributed by atoms with Crippen LogP contribution < -0.4 is 15.5 Å². The number of nitrogens with one attached hydrogen (secondary N) is 2. The van der Waals surface area contributed by atoms with Crippen molar-refractivity contribution in [2.45, 2.75) is 57.7 Å². The second-order valence-electron chi connectivity index (χ2n) is 8.94. The van der Waals surface area contributed by atoms with Crippen LogP contribution in [0.3, 0.4) is 0 Å². The molecule has 3 heterocycles. The van der Waals surface area contributed by atoms with Gasteiger partial charge in [-0.15, -0.1) is 11.3 Å². The zero-order chi connectivity index (χ0) is 24.6. The molecule has 0 radical (unpaired) electrons. The van der Waals surface area contributed by atoms with E-state index in [-0.39, 0.29) is 11.3 Å².